The maximum absolute atomic E-state index is 12.4. The number of amides is 2. The average Bonchev–Trinajstić information content (AvgIpc) is 2.50. The molecule has 0 spiro atoms. The van der Waals surface area contributed by atoms with Gasteiger partial charge in [0.05, 0.1) is 5.56 Å². The van der Waals surface area contributed by atoms with Crippen LogP contribution in [0.2, 0.25) is 5.15 Å². The van der Waals surface area contributed by atoms with Gasteiger partial charge in [-0.25, -0.2) is 4.98 Å². The van der Waals surface area contributed by atoms with Crippen LogP contribution in [0.3, 0.4) is 0 Å². The number of benzene rings is 1. The van der Waals surface area contributed by atoms with Gasteiger partial charge in [0.1, 0.15) is 5.15 Å². The molecule has 0 saturated carbocycles. The van der Waals surface area contributed by atoms with Crippen molar-refractivity contribution in [2.45, 2.75) is 18.9 Å². The number of hydrogen-bond donors (Lipinski definition) is 2. The lowest BCUT2D eigenvalue weighted by molar-refractivity contribution is -0.122. The topological polar surface area (TPSA) is 71.1 Å². The minimum absolute atomic E-state index is 0.0270. The van der Waals surface area contributed by atoms with Gasteiger partial charge in [0.2, 0.25) is 5.91 Å². The number of fused-ring (bicyclic) bond motifs is 1. The normalized spacial score (nSPS) is 18.3. The maximum atomic E-state index is 12.4. The van der Waals surface area contributed by atoms with Gasteiger partial charge < -0.3 is 10.6 Å². The molecule has 0 radical (unpaired) electrons. The number of nitrogens with one attached hydrogen (secondary N) is 2. The van der Waals surface area contributed by atoms with Crippen molar-refractivity contribution in [2.75, 3.05) is 6.54 Å². The molecule has 1 unspecified atom stereocenters. The molecule has 3 rings (SSSR count). The monoisotopic (exact) mass is 303 g/mol. The van der Waals surface area contributed by atoms with E-state index in [1.54, 1.807) is 0 Å². The molecule has 1 saturated heterocycles. The van der Waals surface area contributed by atoms with E-state index in [0.29, 0.717) is 30.1 Å². The Morgan fingerprint density at radius 2 is 2.10 bits per heavy atom. The zero-order valence-electron chi connectivity index (χ0n) is 11.2. The Morgan fingerprint density at radius 3 is 2.81 bits per heavy atom. The van der Waals surface area contributed by atoms with Crippen molar-refractivity contribution in [1.82, 2.24) is 15.6 Å². The molecule has 1 aromatic carbocycles. The summed E-state index contributed by atoms with van der Waals surface area (Å²) in [6.45, 7) is 0.462. The number of pyridine rings is 1. The summed E-state index contributed by atoms with van der Waals surface area (Å²) in [5, 5.41) is 7.58. The van der Waals surface area contributed by atoms with Crippen LogP contribution >= 0.6 is 11.6 Å². The second-order valence-electron chi connectivity index (χ2n) is 5.02. The first-order valence-corrected chi connectivity index (χ1v) is 7.14. The minimum atomic E-state index is -0.198. The van der Waals surface area contributed by atoms with Crippen LogP contribution in [0.25, 0.3) is 10.8 Å². The van der Waals surface area contributed by atoms with Crippen molar-refractivity contribution in [3.8, 4) is 0 Å². The molecular weight excluding hydrogens is 290 g/mol. The highest BCUT2D eigenvalue weighted by atomic mass is 35.5. The first-order valence-electron chi connectivity index (χ1n) is 6.76. The summed E-state index contributed by atoms with van der Waals surface area (Å²) in [5.41, 5.74) is 0.493. The largest absolute Gasteiger partial charge is 0.354 e. The number of carbonyl (C=O) groups is 2. The molecule has 1 aromatic heterocycles. The van der Waals surface area contributed by atoms with Crippen molar-refractivity contribution >= 4 is 34.2 Å². The minimum Gasteiger partial charge on any atom is -0.354 e. The van der Waals surface area contributed by atoms with E-state index in [2.05, 4.69) is 15.6 Å². The third-order valence-corrected chi connectivity index (χ3v) is 3.89. The molecule has 2 aromatic rings. The molecule has 1 atom stereocenters. The molecule has 6 heteroatoms. The number of halogens is 1. The van der Waals surface area contributed by atoms with Crippen molar-refractivity contribution in [1.29, 1.82) is 0 Å². The quantitative estimate of drug-likeness (QED) is 0.832. The lowest BCUT2D eigenvalue weighted by atomic mass is 10.0. The fourth-order valence-corrected chi connectivity index (χ4v) is 2.67. The lowest BCUT2D eigenvalue weighted by Gasteiger charge is -2.23. The molecule has 0 aliphatic carbocycles. The highest BCUT2D eigenvalue weighted by Gasteiger charge is 2.21. The second kappa shape index (κ2) is 5.69. The summed E-state index contributed by atoms with van der Waals surface area (Å²) >= 11 is 6.05. The van der Waals surface area contributed by atoms with Gasteiger partial charge >= 0.3 is 0 Å². The van der Waals surface area contributed by atoms with Crippen molar-refractivity contribution < 1.29 is 9.59 Å². The van der Waals surface area contributed by atoms with Crippen LogP contribution in [-0.4, -0.2) is 29.4 Å². The van der Waals surface area contributed by atoms with E-state index >= 15 is 0 Å². The van der Waals surface area contributed by atoms with Crippen LogP contribution in [0.15, 0.2) is 30.5 Å². The van der Waals surface area contributed by atoms with Gasteiger partial charge in [-0.05, 0) is 11.8 Å². The highest BCUT2D eigenvalue weighted by molar-refractivity contribution is 6.34. The van der Waals surface area contributed by atoms with Crippen LogP contribution < -0.4 is 10.6 Å². The molecule has 2 heterocycles. The molecule has 1 aliphatic heterocycles. The third-order valence-electron chi connectivity index (χ3n) is 3.59. The Hall–Kier alpha value is -2.14. The van der Waals surface area contributed by atoms with Crippen LogP contribution in [0.1, 0.15) is 23.2 Å². The van der Waals surface area contributed by atoms with E-state index in [1.807, 2.05) is 24.3 Å². The van der Waals surface area contributed by atoms with E-state index in [9.17, 15) is 9.59 Å². The van der Waals surface area contributed by atoms with Gasteiger partial charge in [-0.2, -0.15) is 0 Å². The number of carbonyl (C=O) groups excluding carboxylic acids is 2. The molecule has 0 bridgehead atoms. The van der Waals surface area contributed by atoms with Gasteiger partial charge in [-0.15, -0.1) is 0 Å². The number of nitrogens with zero attached hydrogens (tertiary/aromatic N) is 1. The first kappa shape index (κ1) is 13.8. The van der Waals surface area contributed by atoms with E-state index in [-0.39, 0.29) is 17.9 Å². The van der Waals surface area contributed by atoms with Gasteiger partial charge in [0.15, 0.2) is 0 Å². The molecule has 108 valence electrons. The SMILES string of the molecule is O=C1CCC(NC(=O)c2cnc(Cl)c3ccccc23)CN1. The standard InChI is InChI=1S/C15H14ClN3O2/c16-14-11-4-2-1-3-10(11)12(8-18-14)15(21)19-9-5-6-13(20)17-7-9/h1-4,8-9H,5-7H2,(H,17,20)(H,19,21). The summed E-state index contributed by atoms with van der Waals surface area (Å²) in [7, 11) is 0. The summed E-state index contributed by atoms with van der Waals surface area (Å²) in [6, 6.07) is 7.34. The van der Waals surface area contributed by atoms with E-state index in [1.165, 1.54) is 6.20 Å². The Bertz CT molecular complexity index is 707. The maximum Gasteiger partial charge on any atom is 0.253 e. The molecule has 1 aliphatic rings. The van der Waals surface area contributed by atoms with Crippen molar-refractivity contribution in [3.63, 3.8) is 0 Å². The number of aromatic nitrogens is 1. The smallest absolute Gasteiger partial charge is 0.253 e. The Kier molecular flexibility index (Phi) is 3.75. The second-order valence-corrected chi connectivity index (χ2v) is 5.38. The molecule has 5 nitrogen and oxygen atoms in total. The predicted molar refractivity (Wildman–Crippen MR) is 80.3 cm³/mol. The fraction of sp³-hybridized carbons (Fsp3) is 0.267. The molecule has 21 heavy (non-hydrogen) atoms. The fourth-order valence-electron chi connectivity index (χ4n) is 2.46. The zero-order valence-corrected chi connectivity index (χ0v) is 12.0. The van der Waals surface area contributed by atoms with Gasteiger partial charge in [-0.1, -0.05) is 35.9 Å². The van der Waals surface area contributed by atoms with Gasteiger partial charge in [-0.3, -0.25) is 9.59 Å². The molecule has 2 N–H and O–H groups in total. The van der Waals surface area contributed by atoms with E-state index < -0.39 is 0 Å². The molecule has 2 amide bonds. The Labute approximate surface area is 126 Å². The van der Waals surface area contributed by atoms with Crippen LogP contribution in [0.4, 0.5) is 0 Å². The summed E-state index contributed by atoms with van der Waals surface area (Å²) < 4.78 is 0. The zero-order chi connectivity index (χ0) is 14.8. The summed E-state index contributed by atoms with van der Waals surface area (Å²) in [6.07, 6.45) is 2.57. The number of rotatable bonds is 2. The van der Waals surface area contributed by atoms with Gasteiger partial charge in [0.25, 0.3) is 5.91 Å². The third kappa shape index (κ3) is 2.83. The van der Waals surface area contributed by atoms with Crippen molar-refractivity contribution in [2.24, 2.45) is 0 Å². The highest BCUT2D eigenvalue weighted by Crippen LogP contribution is 2.24. The van der Waals surface area contributed by atoms with Crippen molar-refractivity contribution in [3.05, 3.63) is 41.2 Å². The molecule has 1 fully saturated rings. The summed E-state index contributed by atoms with van der Waals surface area (Å²) in [5.74, 6) is -0.171. The van der Waals surface area contributed by atoms with Crippen LogP contribution in [0.5, 0.6) is 0 Å². The van der Waals surface area contributed by atoms with Crippen LogP contribution in [-0.2, 0) is 4.79 Å². The molecular formula is C15H14ClN3O2. The van der Waals surface area contributed by atoms with E-state index in [4.69, 9.17) is 11.6 Å². The van der Waals surface area contributed by atoms with Gasteiger partial charge in [0, 0.05) is 30.6 Å². The Balaban J connectivity index is 1.85. The average molecular weight is 304 g/mol. The Morgan fingerprint density at radius 1 is 1.33 bits per heavy atom. The number of hydrogen-bond acceptors (Lipinski definition) is 3. The summed E-state index contributed by atoms with van der Waals surface area (Å²) in [4.78, 5) is 27.6. The van der Waals surface area contributed by atoms with Crippen LogP contribution in [0, 0.1) is 0 Å². The lowest BCUT2D eigenvalue weighted by Crippen LogP contribution is -2.47. The number of piperidine rings is 1. The predicted octanol–water partition coefficient (Wildman–Crippen LogP) is 1.90. The van der Waals surface area contributed by atoms with E-state index in [0.717, 1.165) is 10.8 Å². The first-order chi connectivity index (χ1) is 10.1.